The van der Waals surface area contributed by atoms with Gasteiger partial charge in [0.2, 0.25) is 0 Å². The van der Waals surface area contributed by atoms with Crippen LogP contribution in [0.4, 0.5) is 5.82 Å². The van der Waals surface area contributed by atoms with E-state index in [1.807, 2.05) is 36.4 Å². The third-order valence-electron chi connectivity index (χ3n) is 3.60. The molecule has 3 aromatic rings. The van der Waals surface area contributed by atoms with Crippen molar-refractivity contribution >= 4 is 28.7 Å². The molecule has 130 valence electrons. The smallest absolute Gasteiger partial charge is 0.191 e. The maximum Gasteiger partial charge on any atom is 0.191 e. The fourth-order valence-electron chi connectivity index (χ4n) is 2.42. The van der Waals surface area contributed by atoms with Gasteiger partial charge in [-0.1, -0.05) is 23.9 Å². The fourth-order valence-corrected chi connectivity index (χ4v) is 3.16. The molecule has 25 heavy (non-hydrogen) atoms. The van der Waals surface area contributed by atoms with Crippen LogP contribution >= 0.6 is 11.9 Å². The normalized spacial score (nSPS) is 10.5. The minimum absolute atomic E-state index is 0.603. The number of nitrogens with one attached hydrogen (secondary N) is 2. The Balaban J connectivity index is 1.88. The molecule has 0 aliphatic heterocycles. The summed E-state index contributed by atoms with van der Waals surface area (Å²) in [5, 5.41) is 7.99. The summed E-state index contributed by atoms with van der Waals surface area (Å²) in [7, 11) is 3.27. The van der Waals surface area contributed by atoms with Gasteiger partial charge in [0.1, 0.15) is 16.9 Å². The Morgan fingerprint density at radius 3 is 2.76 bits per heavy atom. The van der Waals surface area contributed by atoms with E-state index in [0.29, 0.717) is 23.7 Å². The molecule has 0 aliphatic carbocycles. The molecule has 0 saturated heterocycles. The second-order valence-electron chi connectivity index (χ2n) is 5.14. The lowest BCUT2D eigenvalue weighted by molar-refractivity contribution is 0.405. The van der Waals surface area contributed by atoms with E-state index in [-0.39, 0.29) is 0 Å². The predicted molar refractivity (Wildman–Crippen MR) is 100 cm³/mol. The second-order valence-corrected chi connectivity index (χ2v) is 5.99. The summed E-state index contributed by atoms with van der Waals surface area (Å²) in [5.41, 5.74) is 1.67. The van der Waals surface area contributed by atoms with Crippen LogP contribution in [0.15, 0.2) is 58.6 Å². The number of fused-ring (bicyclic) bond motifs is 1. The van der Waals surface area contributed by atoms with Crippen LogP contribution < -0.4 is 19.5 Å². The molecule has 0 amide bonds. The van der Waals surface area contributed by atoms with Gasteiger partial charge in [-0.05, 0) is 48.0 Å². The Bertz CT molecular complexity index is 879. The summed E-state index contributed by atoms with van der Waals surface area (Å²) >= 11 is 1.40. The number of benzene rings is 2. The number of methoxy groups -OCH3 is 2. The van der Waals surface area contributed by atoms with E-state index in [1.54, 1.807) is 20.4 Å². The summed E-state index contributed by atoms with van der Waals surface area (Å²) < 4.78 is 19.6. The van der Waals surface area contributed by atoms with Crippen molar-refractivity contribution in [1.29, 1.82) is 0 Å². The van der Waals surface area contributed by atoms with Gasteiger partial charge in [-0.25, -0.2) is 0 Å². The van der Waals surface area contributed by atoms with Gasteiger partial charge in [0.05, 0.1) is 19.1 Å². The molecule has 0 fully saturated rings. The molecule has 0 saturated carbocycles. The molecule has 0 unspecified atom stereocenters. The number of anilines is 1. The summed E-state index contributed by atoms with van der Waals surface area (Å²) in [6, 6.07) is 11.6. The zero-order valence-corrected chi connectivity index (χ0v) is 14.9. The van der Waals surface area contributed by atoms with Gasteiger partial charge in [0.25, 0.3) is 0 Å². The zero-order chi connectivity index (χ0) is 17.6. The molecule has 7 heteroatoms. The highest BCUT2D eigenvalue weighted by Gasteiger charge is 2.16. The van der Waals surface area contributed by atoms with Crippen LogP contribution in [0.3, 0.4) is 0 Å². The van der Waals surface area contributed by atoms with E-state index in [0.717, 1.165) is 21.6 Å². The predicted octanol–water partition coefficient (Wildman–Crippen LogP) is 4.20. The lowest BCUT2D eigenvalue weighted by atomic mass is 10.1. The Morgan fingerprint density at radius 2 is 2.00 bits per heavy atom. The van der Waals surface area contributed by atoms with Gasteiger partial charge in [-0.3, -0.25) is 0 Å². The lowest BCUT2D eigenvalue weighted by Gasteiger charge is -2.09. The van der Waals surface area contributed by atoms with Crippen LogP contribution in [0, 0.1) is 0 Å². The first-order valence-electron chi connectivity index (χ1n) is 7.63. The number of rotatable bonds is 8. The summed E-state index contributed by atoms with van der Waals surface area (Å²) in [6.45, 7) is 4.29. The summed E-state index contributed by atoms with van der Waals surface area (Å²) in [4.78, 5) is 0.951. The molecule has 1 heterocycles. The molecule has 2 N–H and O–H groups in total. The van der Waals surface area contributed by atoms with Crippen LogP contribution in [0.5, 0.6) is 11.5 Å². The van der Waals surface area contributed by atoms with Crippen molar-refractivity contribution in [3.8, 4) is 11.5 Å². The van der Waals surface area contributed by atoms with Crippen molar-refractivity contribution in [2.45, 2.75) is 11.4 Å². The van der Waals surface area contributed by atoms with E-state index in [2.05, 4.69) is 21.8 Å². The lowest BCUT2D eigenvalue weighted by Crippen LogP contribution is -2.03. The molecule has 0 atom stereocenters. The molecule has 1 aromatic heterocycles. The van der Waals surface area contributed by atoms with Crippen molar-refractivity contribution in [3.05, 3.63) is 54.7 Å². The number of para-hydroxylation sites is 1. The molecule has 2 aromatic carbocycles. The number of nitrogens with zero attached hydrogens (tertiary/aromatic N) is 1. The minimum atomic E-state index is 0.603. The third-order valence-corrected chi connectivity index (χ3v) is 4.45. The van der Waals surface area contributed by atoms with Crippen LogP contribution in [0.1, 0.15) is 5.56 Å². The van der Waals surface area contributed by atoms with E-state index in [9.17, 15) is 0 Å². The van der Waals surface area contributed by atoms with Crippen molar-refractivity contribution in [1.82, 2.24) is 10.5 Å². The first kappa shape index (κ1) is 17.0. The highest BCUT2D eigenvalue weighted by atomic mass is 32.2. The average Bonchev–Trinajstić information content (AvgIpc) is 3.07. The maximum atomic E-state index is 5.52. The third kappa shape index (κ3) is 3.66. The summed E-state index contributed by atoms with van der Waals surface area (Å²) in [6.07, 6.45) is 1.65. The number of hydrogen-bond donors (Lipinski definition) is 2. The first-order valence-corrected chi connectivity index (χ1v) is 8.45. The molecule has 0 bridgehead atoms. The summed E-state index contributed by atoms with van der Waals surface area (Å²) in [5.74, 6) is 2.09. The van der Waals surface area contributed by atoms with Gasteiger partial charge in [0.15, 0.2) is 11.4 Å². The molecule has 0 spiro atoms. The van der Waals surface area contributed by atoms with Crippen molar-refractivity contribution in [2.75, 3.05) is 18.9 Å². The van der Waals surface area contributed by atoms with Crippen molar-refractivity contribution in [3.63, 3.8) is 0 Å². The fraction of sp³-hybridized carbons (Fsp3) is 0.167. The van der Waals surface area contributed by atoms with Gasteiger partial charge >= 0.3 is 0 Å². The van der Waals surface area contributed by atoms with Crippen LogP contribution in [-0.2, 0) is 6.54 Å². The van der Waals surface area contributed by atoms with E-state index in [1.165, 1.54) is 11.9 Å². The monoisotopic (exact) mass is 357 g/mol. The zero-order valence-electron chi connectivity index (χ0n) is 14.0. The molecule has 0 radical (unpaired) electrons. The largest absolute Gasteiger partial charge is 0.496 e. The Morgan fingerprint density at radius 1 is 1.20 bits per heavy atom. The highest BCUT2D eigenvalue weighted by Crippen LogP contribution is 2.37. The van der Waals surface area contributed by atoms with Gasteiger partial charge in [-0.2, -0.15) is 0 Å². The average molecular weight is 357 g/mol. The first-order chi connectivity index (χ1) is 12.3. The Labute approximate surface area is 150 Å². The quantitative estimate of drug-likeness (QED) is 0.586. The molecular formula is C18H19N3O3S. The molecule has 0 aliphatic rings. The highest BCUT2D eigenvalue weighted by molar-refractivity contribution is 8.00. The Kier molecular flexibility index (Phi) is 5.35. The van der Waals surface area contributed by atoms with Gasteiger partial charge in [0, 0.05) is 6.54 Å². The number of hydrogen-bond acceptors (Lipinski definition) is 7. The standard InChI is InChI=1S/C18H19N3O3S/c1-4-19-11-12-9-14(23-3)17-15(10-12)24-20-18(17)21-25-16-8-6-5-7-13(16)22-2/h4-10,19H,1,11H2,2-3H3,(H,20,21). The van der Waals surface area contributed by atoms with E-state index >= 15 is 0 Å². The van der Waals surface area contributed by atoms with Crippen LogP contribution in [0.25, 0.3) is 11.0 Å². The topological polar surface area (TPSA) is 68.5 Å². The maximum absolute atomic E-state index is 5.52. The SMILES string of the molecule is C=CNCc1cc(OC)c2c(NSc3ccccc3OC)noc2c1. The number of ether oxygens (including phenoxy) is 2. The van der Waals surface area contributed by atoms with E-state index < -0.39 is 0 Å². The number of aromatic nitrogens is 1. The second kappa shape index (κ2) is 7.85. The van der Waals surface area contributed by atoms with Crippen molar-refractivity contribution < 1.29 is 14.0 Å². The van der Waals surface area contributed by atoms with Gasteiger partial charge in [-0.15, -0.1) is 0 Å². The van der Waals surface area contributed by atoms with Crippen molar-refractivity contribution in [2.24, 2.45) is 0 Å². The van der Waals surface area contributed by atoms with Gasteiger partial charge < -0.3 is 24.0 Å². The Hall–Kier alpha value is -2.80. The molecule has 6 nitrogen and oxygen atoms in total. The van der Waals surface area contributed by atoms with Crippen LogP contribution in [-0.4, -0.2) is 19.4 Å². The minimum Gasteiger partial charge on any atom is -0.496 e. The van der Waals surface area contributed by atoms with Crippen LogP contribution in [0.2, 0.25) is 0 Å². The van der Waals surface area contributed by atoms with E-state index in [4.69, 9.17) is 14.0 Å². The molecular weight excluding hydrogens is 338 g/mol. The molecule has 3 rings (SSSR count).